The van der Waals surface area contributed by atoms with Gasteiger partial charge in [0.25, 0.3) is 11.8 Å². The zero-order valence-corrected chi connectivity index (χ0v) is 19.2. The van der Waals surface area contributed by atoms with Crippen molar-refractivity contribution < 1.29 is 14.0 Å². The van der Waals surface area contributed by atoms with E-state index in [0.29, 0.717) is 5.56 Å². The van der Waals surface area contributed by atoms with Crippen molar-refractivity contribution in [1.29, 1.82) is 0 Å². The van der Waals surface area contributed by atoms with Crippen LogP contribution in [0.15, 0.2) is 66.0 Å². The summed E-state index contributed by atoms with van der Waals surface area (Å²) in [6, 6.07) is 13.8. The monoisotopic (exact) mass is 465 g/mol. The van der Waals surface area contributed by atoms with Crippen LogP contribution in [-0.4, -0.2) is 27.6 Å². The minimum Gasteiger partial charge on any atom is -0.382 e. The topological polar surface area (TPSA) is 148 Å². The number of aromatic nitrogens is 2. The van der Waals surface area contributed by atoms with E-state index in [2.05, 4.69) is 25.7 Å². The molecular formula is C24H28FN7O2. The predicted octanol–water partition coefficient (Wildman–Crippen LogP) is 2.64. The van der Waals surface area contributed by atoms with Gasteiger partial charge in [0.05, 0.1) is 6.04 Å². The first-order chi connectivity index (χ1) is 16.4. The van der Waals surface area contributed by atoms with Gasteiger partial charge in [-0.25, -0.2) is 14.4 Å². The molecule has 178 valence electrons. The van der Waals surface area contributed by atoms with Crippen LogP contribution in [0.5, 0.6) is 0 Å². The Hall–Kier alpha value is -4.34. The second-order valence-electron chi connectivity index (χ2n) is 6.93. The molecule has 0 aliphatic heterocycles. The van der Waals surface area contributed by atoms with E-state index in [1.807, 2.05) is 20.8 Å². The van der Waals surface area contributed by atoms with Crippen molar-refractivity contribution in [3.05, 3.63) is 94.8 Å². The summed E-state index contributed by atoms with van der Waals surface area (Å²) in [7, 11) is 0. The minimum atomic E-state index is -0.478. The van der Waals surface area contributed by atoms with Gasteiger partial charge in [-0.15, -0.1) is 0 Å². The highest BCUT2D eigenvalue weighted by molar-refractivity contribution is 5.98. The van der Waals surface area contributed by atoms with Gasteiger partial charge >= 0.3 is 0 Å². The van der Waals surface area contributed by atoms with Crippen molar-refractivity contribution in [2.24, 2.45) is 16.7 Å². The van der Waals surface area contributed by atoms with E-state index in [1.165, 1.54) is 18.2 Å². The molecule has 9 nitrogen and oxygen atoms in total. The number of rotatable bonds is 7. The van der Waals surface area contributed by atoms with Crippen LogP contribution < -0.4 is 22.2 Å². The number of amides is 2. The van der Waals surface area contributed by atoms with E-state index >= 15 is 0 Å². The Kier molecular flexibility index (Phi) is 9.63. The van der Waals surface area contributed by atoms with Crippen LogP contribution in [0.2, 0.25) is 0 Å². The first-order valence-electron chi connectivity index (χ1n) is 10.7. The zero-order chi connectivity index (χ0) is 25.1. The normalized spacial score (nSPS) is 11.6. The Bertz CT molecular complexity index is 1130. The number of nitrogens with zero attached hydrogens (tertiary/aromatic N) is 3. The van der Waals surface area contributed by atoms with Crippen molar-refractivity contribution in [2.45, 2.75) is 33.4 Å². The van der Waals surface area contributed by atoms with Gasteiger partial charge in [-0.2, -0.15) is 5.10 Å². The first kappa shape index (κ1) is 25.9. The van der Waals surface area contributed by atoms with E-state index in [1.54, 1.807) is 36.4 Å². The van der Waals surface area contributed by atoms with Gasteiger partial charge in [0, 0.05) is 18.2 Å². The molecule has 0 bridgehead atoms. The number of hydrazone groups is 1. The molecule has 10 heteroatoms. The van der Waals surface area contributed by atoms with Gasteiger partial charge < -0.3 is 22.2 Å². The summed E-state index contributed by atoms with van der Waals surface area (Å²) in [6.45, 7) is 6.00. The second kappa shape index (κ2) is 12.6. The molecule has 0 radical (unpaired) electrons. The summed E-state index contributed by atoms with van der Waals surface area (Å²) in [6.07, 6.45) is 1.15. The van der Waals surface area contributed by atoms with Crippen LogP contribution >= 0.6 is 0 Å². The lowest BCUT2D eigenvalue weighted by molar-refractivity contribution is 0.0934. The van der Waals surface area contributed by atoms with Crippen molar-refractivity contribution >= 4 is 17.6 Å². The van der Waals surface area contributed by atoms with E-state index < -0.39 is 11.8 Å². The smallest absolute Gasteiger partial charge is 0.270 e. The number of benzene rings is 2. The van der Waals surface area contributed by atoms with Crippen LogP contribution in [0.25, 0.3) is 0 Å². The lowest BCUT2D eigenvalue weighted by Crippen LogP contribution is -2.29. The number of nitrogens with two attached hydrogens (primary N) is 2. The lowest BCUT2D eigenvalue weighted by atomic mass is 10.1. The van der Waals surface area contributed by atoms with Crippen LogP contribution in [0, 0.1) is 5.82 Å². The lowest BCUT2D eigenvalue weighted by Gasteiger charge is -2.14. The molecular weight excluding hydrogens is 437 g/mol. The highest BCUT2D eigenvalue weighted by Gasteiger charge is 2.16. The molecule has 6 N–H and O–H groups in total. The Morgan fingerprint density at radius 3 is 2.18 bits per heavy atom. The van der Waals surface area contributed by atoms with Crippen molar-refractivity contribution in [2.75, 3.05) is 0 Å². The van der Waals surface area contributed by atoms with E-state index in [4.69, 9.17) is 11.6 Å². The van der Waals surface area contributed by atoms with E-state index in [-0.39, 0.29) is 35.6 Å². The molecule has 0 fully saturated rings. The molecule has 2 aromatic carbocycles. The molecule has 1 aromatic heterocycles. The fraction of sp³-hybridized carbons (Fsp3) is 0.208. The Morgan fingerprint density at radius 1 is 1.00 bits per heavy atom. The van der Waals surface area contributed by atoms with Crippen LogP contribution in [-0.2, 0) is 6.54 Å². The van der Waals surface area contributed by atoms with Crippen LogP contribution in [0.4, 0.5) is 4.39 Å². The fourth-order valence-electron chi connectivity index (χ4n) is 2.85. The van der Waals surface area contributed by atoms with Gasteiger partial charge in [0.15, 0.2) is 0 Å². The van der Waals surface area contributed by atoms with E-state index in [9.17, 15) is 14.0 Å². The van der Waals surface area contributed by atoms with Crippen molar-refractivity contribution in [3.8, 4) is 0 Å². The molecule has 0 aliphatic carbocycles. The quantitative estimate of drug-likeness (QED) is 0.182. The molecule has 3 rings (SSSR count). The molecule has 3 aromatic rings. The SMILES string of the molecule is CC.CC(NC(=O)c1cc(C(=O)NCc2ccc(F)cc2)ncn1)c1ccc(/C(N)=N/N)cc1. The summed E-state index contributed by atoms with van der Waals surface area (Å²) < 4.78 is 13.0. The number of amidine groups is 1. The second-order valence-corrected chi connectivity index (χ2v) is 6.93. The maximum atomic E-state index is 13.0. The average Bonchev–Trinajstić information content (AvgIpc) is 2.89. The third-order valence-electron chi connectivity index (χ3n) is 4.69. The maximum absolute atomic E-state index is 13.0. The number of carbonyl (C=O) groups is 2. The van der Waals surface area contributed by atoms with Crippen LogP contribution in [0.1, 0.15) is 64.5 Å². The summed E-state index contributed by atoms with van der Waals surface area (Å²) in [5, 5.41) is 8.94. The third kappa shape index (κ3) is 7.09. The summed E-state index contributed by atoms with van der Waals surface area (Å²) in [5.41, 5.74) is 7.99. The fourth-order valence-corrected chi connectivity index (χ4v) is 2.85. The molecule has 1 unspecified atom stereocenters. The highest BCUT2D eigenvalue weighted by Crippen LogP contribution is 2.14. The van der Waals surface area contributed by atoms with Gasteiger partial charge in [-0.3, -0.25) is 9.59 Å². The Balaban J connectivity index is 0.00000199. The zero-order valence-electron chi connectivity index (χ0n) is 19.2. The van der Waals surface area contributed by atoms with E-state index in [0.717, 1.165) is 17.5 Å². The van der Waals surface area contributed by atoms with Gasteiger partial charge in [0.1, 0.15) is 29.4 Å². The first-order valence-corrected chi connectivity index (χ1v) is 10.7. The molecule has 1 atom stereocenters. The number of halogens is 1. The largest absolute Gasteiger partial charge is 0.382 e. The molecule has 0 spiro atoms. The number of carbonyl (C=O) groups excluding carboxylic acids is 2. The molecule has 1 heterocycles. The minimum absolute atomic E-state index is 0.0424. The molecule has 0 saturated carbocycles. The molecule has 34 heavy (non-hydrogen) atoms. The van der Waals surface area contributed by atoms with Crippen LogP contribution in [0.3, 0.4) is 0 Å². The molecule has 0 saturated heterocycles. The number of hydrogen-bond acceptors (Lipinski definition) is 6. The van der Waals surface area contributed by atoms with Crippen molar-refractivity contribution in [1.82, 2.24) is 20.6 Å². The maximum Gasteiger partial charge on any atom is 0.270 e. The molecule has 2 amide bonds. The standard InChI is InChI=1S/C22H22FN7O2.C2H6/c1-13(15-4-6-16(7-5-15)20(24)30-25)29-22(32)19-10-18(27-12-28-19)21(31)26-11-14-2-8-17(23)9-3-14;1-2/h2-10,12-13H,11,25H2,1H3,(H2,24,30)(H,26,31)(H,29,32);1-2H3. The number of nitrogens with one attached hydrogen (secondary N) is 2. The van der Waals surface area contributed by atoms with Crippen molar-refractivity contribution in [3.63, 3.8) is 0 Å². The number of hydrogen-bond donors (Lipinski definition) is 4. The Labute approximate surface area is 197 Å². The van der Waals surface area contributed by atoms with Gasteiger partial charge in [-0.1, -0.05) is 50.2 Å². The summed E-state index contributed by atoms with van der Waals surface area (Å²) >= 11 is 0. The highest BCUT2D eigenvalue weighted by atomic mass is 19.1. The summed E-state index contributed by atoms with van der Waals surface area (Å²) in [4.78, 5) is 32.9. The Morgan fingerprint density at radius 2 is 1.59 bits per heavy atom. The van der Waals surface area contributed by atoms with Gasteiger partial charge in [0.2, 0.25) is 0 Å². The molecule has 0 aliphatic rings. The summed E-state index contributed by atoms with van der Waals surface area (Å²) in [5.74, 6) is 4.09. The predicted molar refractivity (Wildman–Crippen MR) is 128 cm³/mol. The van der Waals surface area contributed by atoms with Gasteiger partial charge in [-0.05, 0) is 30.2 Å². The average molecular weight is 466 g/mol. The third-order valence-corrected chi connectivity index (χ3v) is 4.69.